The molecule has 15 heteroatoms. The van der Waals surface area contributed by atoms with Gasteiger partial charge in [0.05, 0.1) is 48.7 Å². The third-order valence-electron chi connectivity index (χ3n) is 8.71. The maximum atomic E-state index is 13.9. The van der Waals surface area contributed by atoms with Gasteiger partial charge in [0.25, 0.3) is 11.8 Å². The number of halogens is 7. The van der Waals surface area contributed by atoms with Crippen molar-refractivity contribution < 1.29 is 49.8 Å². The molecule has 1 aromatic heterocycles. The van der Waals surface area contributed by atoms with Gasteiger partial charge in [-0.2, -0.15) is 26.3 Å². The van der Waals surface area contributed by atoms with Crippen LogP contribution in [0.5, 0.6) is 5.75 Å². The monoisotopic (exact) mass is 709 g/mol. The first kappa shape index (κ1) is 34.6. The molecule has 2 atom stereocenters. The van der Waals surface area contributed by atoms with Gasteiger partial charge >= 0.3 is 12.4 Å². The van der Waals surface area contributed by atoms with E-state index in [9.17, 15) is 40.3 Å². The van der Waals surface area contributed by atoms with E-state index in [1.807, 2.05) is 6.07 Å². The zero-order valence-electron chi connectivity index (χ0n) is 25.9. The number of alkyl halides is 6. The molecule has 2 heterocycles. The number of benzene rings is 3. The Bertz CT molecular complexity index is 1890. The topological polar surface area (TPSA) is 88.7 Å². The quantitative estimate of drug-likeness (QED) is 0.160. The van der Waals surface area contributed by atoms with Gasteiger partial charge in [0, 0.05) is 21.8 Å². The highest BCUT2D eigenvalue weighted by molar-refractivity contribution is 7.21. The number of ether oxygens (including phenoxy) is 2. The molecule has 1 saturated heterocycles. The molecule has 4 aromatic rings. The summed E-state index contributed by atoms with van der Waals surface area (Å²) >= 11 is 0.609. The summed E-state index contributed by atoms with van der Waals surface area (Å²) in [5.74, 6) is -2.95. The molecule has 2 aliphatic rings. The number of fused-ring (bicyclic) bond motifs is 1. The number of carbonyl (C=O) groups is 2. The van der Waals surface area contributed by atoms with Crippen molar-refractivity contribution in [2.24, 2.45) is 0 Å². The molecule has 260 valence electrons. The molecule has 0 bridgehead atoms. The molecule has 0 spiro atoms. The van der Waals surface area contributed by atoms with Gasteiger partial charge in [0.1, 0.15) is 16.4 Å². The summed E-state index contributed by atoms with van der Waals surface area (Å²) in [4.78, 5) is 27.1. The number of hydrogen-bond acceptors (Lipinski definition) is 6. The lowest BCUT2D eigenvalue weighted by Crippen LogP contribution is -2.51. The van der Waals surface area contributed by atoms with Crippen molar-refractivity contribution in [3.63, 3.8) is 0 Å². The molecule has 49 heavy (non-hydrogen) atoms. The number of amides is 2. The Kier molecular flexibility index (Phi) is 9.61. The zero-order chi connectivity index (χ0) is 35.1. The van der Waals surface area contributed by atoms with Gasteiger partial charge in [-0.25, -0.2) is 4.39 Å². The van der Waals surface area contributed by atoms with Crippen molar-refractivity contribution >= 4 is 44.6 Å². The highest BCUT2D eigenvalue weighted by Gasteiger charge is 2.35. The summed E-state index contributed by atoms with van der Waals surface area (Å²) in [5.41, 5.74) is -2.17. The van der Waals surface area contributed by atoms with Crippen LogP contribution in [-0.4, -0.2) is 44.2 Å². The number of hydrogen-bond donors (Lipinski definition) is 3. The Hall–Kier alpha value is -4.21. The van der Waals surface area contributed by atoms with E-state index in [0.717, 1.165) is 55.5 Å². The minimum absolute atomic E-state index is 0.0105. The van der Waals surface area contributed by atoms with Crippen molar-refractivity contribution in [2.45, 2.75) is 56.0 Å². The molecule has 2 fully saturated rings. The predicted octanol–water partition coefficient (Wildman–Crippen LogP) is 8.61. The van der Waals surface area contributed by atoms with E-state index in [1.54, 1.807) is 12.1 Å². The molecule has 1 saturated carbocycles. The van der Waals surface area contributed by atoms with Gasteiger partial charge in [-0.05, 0) is 73.2 Å². The normalized spacial score (nSPS) is 18.6. The molecular weight excluding hydrogens is 679 g/mol. The second kappa shape index (κ2) is 13.6. The Labute approximate surface area is 279 Å². The number of thiophene rings is 1. The van der Waals surface area contributed by atoms with E-state index in [4.69, 9.17) is 9.47 Å². The smallest absolute Gasteiger partial charge is 0.419 e. The maximum absolute atomic E-state index is 13.9. The van der Waals surface area contributed by atoms with E-state index in [0.29, 0.717) is 42.7 Å². The van der Waals surface area contributed by atoms with Gasteiger partial charge in [0.15, 0.2) is 0 Å². The van der Waals surface area contributed by atoms with Gasteiger partial charge < -0.3 is 25.4 Å². The molecule has 2 amide bonds. The van der Waals surface area contributed by atoms with Crippen molar-refractivity contribution in [1.82, 2.24) is 5.32 Å². The number of nitrogens with one attached hydrogen (secondary N) is 3. The summed E-state index contributed by atoms with van der Waals surface area (Å²) in [5, 5.41) is 8.62. The summed E-state index contributed by atoms with van der Waals surface area (Å²) in [6.45, 7) is 1.34. The number of carbonyl (C=O) groups excluding carboxylic acids is 2. The van der Waals surface area contributed by atoms with Crippen LogP contribution in [0.15, 0.2) is 54.6 Å². The van der Waals surface area contributed by atoms with Crippen LogP contribution >= 0.6 is 11.3 Å². The molecule has 0 radical (unpaired) electrons. The Balaban J connectivity index is 1.33. The van der Waals surface area contributed by atoms with E-state index in [-0.39, 0.29) is 43.9 Å². The van der Waals surface area contributed by atoms with Crippen LogP contribution in [-0.2, 0) is 17.1 Å². The van der Waals surface area contributed by atoms with E-state index < -0.39 is 46.8 Å². The summed E-state index contributed by atoms with van der Waals surface area (Å²) in [7, 11) is 1.38. The summed E-state index contributed by atoms with van der Waals surface area (Å²) < 4.78 is 105. The van der Waals surface area contributed by atoms with Crippen LogP contribution in [0, 0.1) is 5.82 Å². The summed E-state index contributed by atoms with van der Waals surface area (Å²) in [6, 6.07) is 10.4. The largest absolute Gasteiger partial charge is 0.496 e. The molecule has 3 aromatic carbocycles. The fraction of sp³-hybridized carbons (Fsp3) is 0.353. The first-order valence-electron chi connectivity index (χ1n) is 15.4. The Morgan fingerprint density at radius 2 is 1.65 bits per heavy atom. The lowest BCUT2D eigenvalue weighted by Gasteiger charge is -2.36. The minimum atomic E-state index is -5.05. The molecule has 6 rings (SSSR count). The third-order valence-corrected chi connectivity index (χ3v) is 9.87. The van der Waals surface area contributed by atoms with E-state index >= 15 is 0 Å². The molecular formula is C34H30F7N3O4S. The number of methoxy groups -OCH3 is 1. The second-order valence-corrected chi connectivity index (χ2v) is 13.1. The van der Waals surface area contributed by atoms with Crippen molar-refractivity contribution in [3.8, 4) is 5.75 Å². The van der Waals surface area contributed by atoms with Crippen LogP contribution in [0.3, 0.4) is 0 Å². The molecule has 3 N–H and O–H groups in total. The average molecular weight is 710 g/mol. The standard InChI is InChI=1S/C34H30F7N3O4S/c1-47-27-10-5-18(17-3-2-4-20(11-17)42-22-15-48-16-22)12-24(27)31(45)44-29-23-8-6-19(33(36,37)38)13-28(23)49-30(29)32(46)43-21-7-9-26(35)25(14-21)34(39,40)41/h5-10,12-14,17,20,22,42H,2-4,11,15-16H2,1H3,(H,43,46)(H,44,45). The second-order valence-electron chi connectivity index (χ2n) is 12.0. The van der Waals surface area contributed by atoms with Crippen LogP contribution in [0.2, 0.25) is 0 Å². The first-order chi connectivity index (χ1) is 23.2. The highest BCUT2D eigenvalue weighted by Crippen LogP contribution is 2.42. The number of rotatable bonds is 8. The highest BCUT2D eigenvalue weighted by atomic mass is 32.1. The van der Waals surface area contributed by atoms with Crippen LogP contribution in [0.4, 0.5) is 42.1 Å². The van der Waals surface area contributed by atoms with Crippen LogP contribution in [0.25, 0.3) is 10.1 Å². The Morgan fingerprint density at radius 3 is 2.33 bits per heavy atom. The van der Waals surface area contributed by atoms with Crippen LogP contribution in [0.1, 0.15) is 68.3 Å². The predicted molar refractivity (Wildman–Crippen MR) is 170 cm³/mol. The molecule has 2 unspecified atom stereocenters. The van der Waals surface area contributed by atoms with Gasteiger partial charge in [-0.1, -0.05) is 18.6 Å². The molecule has 7 nitrogen and oxygen atoms in total. The van der Waals surface area contributed by atoms with Crippen molar-refractivity contribution in [2.75, 3.05) is 31.0 Å². The minimum Gasteiger partial charge on any atom is -0.496 e. The zero-order valence-corrected chi connectivity index (χ0v) is 26.7. The van der Waals surface area contributed by atoms with E-state index in [1.165, 1.54) is 7.11 Å². The third kappa shape index (κ3) is 7.53. The van der Waals surface area contributed by atoms with Crippen LogP contribution < -0.4 is 20.7 Å². The van der Waals surface area contributed by atoms with Gasteiger partial charge in [-0.3, -0.25) is 9.59 Å². The van der Waals surface area contributed by atoms with Crippen molar-refractivity contribution in [3.05, 3.63) is 87.5 Å². The fourth-order valence-corrected chi connectivity index (χ4v) is 7.30. The van der Waals surface area contributed by atoms with E-state index in [2.05, 4.69) is 16.0 Å². The Morgan fingerprint density at radius 1 is 0.878 bits per heavy atom. The van der Waals surface area contributed by atoms with Crippen molar-refractivity contribution in [1.29, 1.82) is 0 Å². The number of anilines is 2. The summed E-state index contributed by atoms with van der Waals surface area (Å²) in [6.07, 6.45) is -6.04. The lowest BCUT2D eigenvalue weighted by atomic mass is 9.80. The fourth-order valence-electron chi connectivity index (χ4n) is 6.21. The average Bonchev–Trinajstić information content (AvgIpc) is 3.40. The molecule has 1 aliphatic carbocycles. The van der Waals surface area contributed by atoms with Gasteiger partial charge in [-0.15, -0.1) is 11.3 Å². The van der Waals surface area contributed by atoms with Gasteiger partial charge in [0.2, 0.25) is 0 Å². The maximum Gasteiger partial charge on any atom is 0.419 e. The lowest BCUT2D eigenvalue weighted by molar-refractivity contribution is -0.140. The molecule has 1 aliphatic heterocycles. The SMILES string of the molecule is COc1ccc(C2CCCC(NC3COC3)C2)cc1C(=O)Nc1c(C(=O)Nc2ccc(F)c(C(F)(F)F)c2)sc2cc(C(F)(F)F)ccc12. The first-order valence-corrected chi connectivity index (χ1v) is 16.2.